The van der Waals surface area contributed by atoms with E-state index in [2.05, 4.69) is 5.32 Å². The average molecular weight is 321 g/mol. The summed E-state index contributed by atoms with van der Waals surface area (Å²) in [6, 6.07) is 9.47. The van der Waals surface area contributed by atoms with Gasteiger partial charge in [0.15, 0.2) is 0 Å². The summed E-state index contributed by atoms with van der Waals surface area (Å²) in [7, 11) is 0. The Labute approximate surface area is 130 Å². The molecule has 0 spiro atoms. The lowest BCUT2D eigenvalue weighted by Crippen LogP contribution is -2.08. The Morgan fingerprint density at radius 2 is 2.05 bits per heavy atom. The van der Waals surface area contributed by atoms with Crippen LogP contribution in [0, 0.1) is 15.9 Å². The maximum absolute atomic E-state index is 13.0. The summed E-state index contributed by atoms with van der Waals surface area (Å²) >= 11 is 5.86. The normalized spacial score (nSPS) is 10.6. The first-order chi connectivity index (χ1) is 10.5. The standard InChI is InChI=1S/C15H10ClFN2O3/c16-13-9-12(19(21)22)5-6-14(13)18-15(20)7-4-10-2-1-3-11(17)8-10/h1-9H,(H,18,20)/b7-4+. The largest absolute Gasteiger partial charge is 0.321 e. The van der Waals surface area contributed by atoms with Gasteiger partial charge in [-0.15, -0.1) is 0 Å². The smallest absolute Gasteiger partial charge is 0.271 e. The Morgan fingerprint density at radius 3 is 2.68 bits per heavy atom. The fourth-order valence-electron chi connectivity index (χ4n) is 1.68. The van der Waals surface area contributed by atoms with Crippen LogP contribution >= 0.6 is 11.6 Å². The topological polar surface area (TPSA) is 72.2 Å². The summed E-state index contributed by atoms with van der Waals surface area (Å²) < 4.78 is 13.0. The number of rotatable bonds is 4. The van der Waals surface area contributed by atoms with Gasteiger partial charge >= 0.3 is 0 Å². The maximum atomic E-state index is 13.0. The van der Waals surface area contributed by atoms with Gasteiger partial charge in [-0.25, -0.2) is 4.39 Å². The zero-order chi connectivity index (χ0) is 16.1. The summed E-state index contributed by atoms with van der Waals surface area (Å²) in [5.41, 5.74) is 0.615. The molecule has 0 radical (unpaired) electrons. The summed E-state index contributed by atoms with van der Waals surface area (Å²) in [6.45, 7) is 0. The number of nitrogens with one attached hydrogen (secondary N) is 1. The number of nitro benzene ring substituents is 1. The summed E-state index contributed by atoms with van der Waals surface area (Å²) in [5.74, 6) is -0.888. The predicted octanol–water partition coefficient (Wildman–Crippen LogP) is 4.04. The van der Waals surface area contributed by atoms with Crippen molar-refractivity contribution in [3.63, 3.8) is 0 Å². The van der Waals surface area contributed by atoms with Crippen LogP contribution in [0.5, 0.6) is 0 Å². The molecule has 2 aromatic carbocycles. The van der Waals surface area contributed by atoms with Crippen LogP contribution in [0.1, 0.15) is 5.56 Å². The number of nitrogens with zero attached hydrogens (tertiary/aromatic N) is 1. The highest BCUT2D eigenvalue weighted by Gasteiger charge is 2.10. The van der Waals surface area contributed by atoms with Gasteiger partial charge in [0.05, 0.1) is 15.6 Å². The van der Waals surface area contributed by atoms with Crippen molar-refractivity contribution in [3.05, 3.63) is 75.1 Å². The fourth-order valence-corrected chi connectivity index (χ4v) is 1.90. The number of carbonyl (C=O) groups is 1. The summed E-state index contributed by atoms with van der Waals surface area (Å²) in [6.07, 6.45) is 2.66. The van der Waals surface area contributed by atoms with E-state index >= 15 is 0 Å². The van der Waals surface area contributed by atoms with Crippen molar-refractivity contribution in [2.45, 2.75) is 0 Å². The molecule has 7 heteroatoms. The van der Waals surface area contributed by atoms with E-state index in [0.717, 1.165) is 6.07 Å². The number of amides is 1. The van der Waals surface area contributed by atoms with E-state index in [1.165, 1.54) is 42.5 Å². The van der Waals surface area contributed by atoms with Crippen molar-refractivity contribution in [2.75, 3.05) is 5.32 Å². The van der Waals surface area contributed by atoms with E-state index in [4.69, 9.17) is 11.6 Å². The summed E-state index contributed by atoms with van der Waals surface area (Å²) in [5, 5.41) is 13.1. The molecule has 1 amide bonds. The molecular weight excluding hydrogens is 311 g/mol. The molecule has 0 heterocycles. The molecule has 0 unspecified atom stereocenters. The predicted molar refractivity (Wildman–Crippen MR) is 82.2 cm³/mol. The number of non-ortho nitro benzene ring substituents is 1. The van der Waals surface area contributed by atoms with Crippen molar-refractivity contribution in [1.29, 1.82) is 0 Å². The van der Waals surface area contributed by atoms with Gasteiger partial charge in [-0.05, 0) is 29.8 Å². The molecule has 2 rings (SSSR count). The second-order valence-electron chi connectivity index (χ2n) is 4.30. The van der Waals surface area contributed by atoms with Gasteiger partial charge in [0.25, 0.3) is 5.69 Å². The van der Waals surface area contributed by atoms with Crippen molar-refractivity contribution < 1.29 is 14.1 Å². The number of carbonyl (C=O) groups excluding carboxylic acids is 1. The molecule has 0 atom stereocenters. The van der Waals surface area contributed by atoms with Crippen LogP contribution in [-0.4, -0.2) is 10.8 Å². The van der Waals surface area contributed by atoms with Crippen molar-refractivity contribution in [2.24, 2.45) is 0 Å². The van der Waals surface area contributed by atoms with E-state index in [-0.39, 0.29) is 16.4 Å². The number of halogens is 2. The second kappa shape index (κ2) is 6.82. The van der Waals surface area contributed by atoms with E-state index in [9.17, 15) is 19.3 Å². The van der Waals surface area contributed by atoms with Crippen molar-refractivity contribution in [1.82, 2.24) is 0 Å². The molecule has 1 N–H and O–H groups in total. The molecule has 0 fully saturated rings. The Morgan fingerprint density at radius 1 is 1.27 bits per heavy atom. The highest BCUT2D eigenvalue weighted by molar-refractivity contribution is 6.34. The second-order valence-corrected chi connectivity index (χ2v) is 4.71. The number of hydrogen-bond acceptors (Lipinski definition) is 3. The van der Waals surface area contributed by atoms with Gasteiger partial charge in [0, 0.05) is 18.2 Å². The molecule has 0 aliphatic rings. The average Bonchev–Trinajstić information content (AvgIpc) is 2.47. The Bertz CT molecular complexity index is 762. The van der Waals surface area contributed by atoms with Crippen LogP contribution < -0.4 is 5.32 Å². The number of anilines is 1. The van der Waals surface area contributed by atoms with Crippen molar-refractivity contribution >= 4 is 35.0 Å². The fraction of sp³-hybridized carbons (Fsp3) is 0. The molecule has 0 aromatic heterocycles. The molecule has 0 bridgehead atoms. The van der Waals surface area contributed by atoms with Crippen molar-refractivity contribution in [3.8, 4) is 0 Å². The van der Waals surface area contributed by atoms with E-state index in [1.54, 1.807) is 6.07 Å². The quantitative estimate of drug-likeness (QED) is 0.525. The van der Waals surface area contributed by atoms with Gasteiger partial charge < -0.3 is 5.32 Å². The lowest BCUT2D eigenvalue weighted by Gasteiger charge is -2.04. The third kappa shape index (κ3) is 4.13. The highest BCUT2D eigenvalue weighted by Crippen LogP contribution is 2.26. The third-order valence-corrected chi connectivity index (χ3v) is 3.01. The first-order valence-corrected chi connectivity index (χ1v) is 6.52. The van der Waals surface area contributed by atoms with E-state index in [1.807, 2.05) is 0 Å². The van der Waals surface area contributed by atoms with Gasteiger partial charge in [-0.1, -0.05) is 23.7 Å². The van der Waals surface area contributed by atoms with Crippen LogP contribution in [0.2, 0.25) is 5.02 Å². The summed E-state index contributed by atoms with van der Waals surface area (Å²) in [4.78, 5) is 21.8. The molecule has 5 nitrogen and oxygen atoms in total. The van der Waals surface area contributed by atoms with Gasteiger partial charge in [-0.3, -0.25) is 14.9 Å². The van der Waals surface area contributed by atoms with Gasteiger partial charge in [-0.2, -0.15) is 0 Å². The van der Waals surface area contributed by atoms with Crippen LogP contribution in [0.3, 0.4) is 0 Å². The Hall–Kier alpha value is -2.73. The molecule has 0 saturated carbocycles. The molecular formula is C15H10ClFN2O3. The first-order valence-electron chi connectivity index (χ1n) is 6.14. The number of nitro groups is 1. The molecule has 22 heavy (non-hydrogen) atoms. The molecule has 112 valence electrons. The van der Waals surface area contributed by atoms with Gasteiger partial charge in [0.2, 0.25) is 5.91 Å². The van der Waals surface area contributed by atoms with Gasteiger partial charge in [0.1, 0.15) is 5.82 Å². The zero-order valence-corrected chi connectivity index (χ0v) is 11.9. The number of benzene rings is 2. The molecule has 0 aliphatic carbocycles. The zero-order valence-electron chi connectivity index (χ0n) is 11.1. The van der Waals surface area contributed by atoms with Crippen LogP contribution in [0.4, 0.5) is 15.8 Å². The lowest BCUT2D eigenvalue weighted by atomic mass is 10.2. The van der Waals surface area contributed by atoms with Crippen LogP contribution in [-0.2, 0) is 4.79 Å². The van der Waals surface area contributed by atoms with E-state index < -0.39 is 16.6 Å². The molecule has 0 aliphatic heterocycles. The Balaban J connectivity index is 2.07. The highest BCUT2D eigenvalue weighted by atomic mass is 35.5. The maximum Gasteiger partial charge on any atom is 0.271 e. The van der Waals surface area contributed by atoms with Crippen LogP contribution in [0.25, 0.3) is 6.08 Å². The molecule has 0 saturated heterocycles. The monoisotopic (exact) mass is 320 g/mol. The van der Waals surface area contributed by atoms with Crippen LogP contribution in [0.15, 0.2) is 48.5 Å². The minimum Gasteiger partial charge on any atom is -0.321 e. The minimum atomic E-state index is -0.582. The lowest BCUT2D eigenvalue weighted by molar-refractivity contribution is -0.384. The van der Waals surface area contributed by atoms with E-state index in [0.29, 0.717) is 5.56 Å². The first kappa shape index (κ1) is 15.7. The SMILES string of the molecule is O=C(/C=C/c1cccc(F)c1)Nc1ccc([N+](=O)[O-])cc1Cl. The minimum absolute atomic E-state index is 0.0571. The third-order valence-electron chi connectivity index (χ3n) is 2.70. The number of hydrogen-bond donors (Lipinski definition) is 1. The molecule has 2 aromatic rings. The Kier molecular flexibility index (Phi) is 4.85.